The summed E-state index contributed by atoms with van der Waals surface area (Å²) in [5.41, 5.74) is 0. The molecule has 2 aliphatic rings. The Hall–Kier alpha value is -0.160. The smallest absolute Gasteiger partial charge is 0.0791 e. The molecule has 4 heteroatoms. The molecule has 1 aliphatic carbocycles. The van der Waals surface area contributed by atoms with Gasteiger partial charge in [-0.05, 0) is 12.8 Å². The van der Waals surface area contributed by atoms with Crippen LogP contribution in [-0.4, -0.2) is 61.5 Å². The Kier molecular flexibility index (Phi) is 3.75. The quantitative estimate of drug-likeness (QED) is 0.624. The van der Waals surface area contributed by atoms with Crippen molar-refractivity contribution in [2.24, 2.45) is 0 Å². The molecular formula is C10H20N2O2. The van der Waals surface area contributed by atoms with E-state index in [1.807, 2.05) is 0 Å². The predicted octanol–water partition coefficient (Wildman–Crippen LogP) is -0.568. The minimum absolute atomic E-state index is 0.228. The van der Waals surface area contributed by atoms with E-state index in [0.717, 1.165) is 39.4 Å². The van der Waals surface area contributed by atoms with Gasteiger partial charge < -0.3 is 15.2 Å². The third-order valence-electron chi connectivity index (χ3n) is 2.79. The van der Waals surface area contributed by atoms with Gasteiger partial charge in [0, 0.05) is 32.2 Å². The predicted molar refractivity (Wildman–Crippen MR) is 54.3 cm³/mol. The van der Waals surface area contributed by atoms with E-state index in [0.29, 0.717) is 6.04 Å². The number of rotatable bonds is 5. The average molecular weight is 200 g/mol. The average Bonchev–Trinajstić information content (AvgIpc) is 3.00. The molecule has 0 aromatic heterocycles. The number of aliphatic hydroxyl groups excluding tert-OH is 1. The van der Waals surface area contributed by atoms with Gasteiger partial charge in [0.15, 0.2) is 0 Å². The number of aliphatic hydroxyl groups is 1. The second kappa shape index (κ2) is 5.07. The second-order valence-electron chi connectivity index (χ2n) is 4.25. The van der Waals surface area contributed by atoms with Gasteiger partial charge >= 0.3 is 0 Å². The molecule has 1 aliphatic heterocycles. The molecule has 1 heterocycles. The first-order valence-corrected chi connectivity index (χ1v) is 5.56. The number of hydrogen-bond donors (Lipinski definition) is 2. The lowest BCUT2D eigenvalue weighted by molar-refractivity contribution is 0.0149. The van der Waals surface area contributed by atoms with Gasteiger partial charge in [0.2, 0.25) is 0 Å². The molecule has 0 aromatic rings. The highest BCUT2D eigenvalue weighted by Gasteiger charge is 2.22. The summed E-state index contributed by atoms with van der Waals surface area (Å²) in [5, 5.41) is 13.1. The summed E-state index contributed by atoms with van der Waals surface area (Å²) >= 11 is 0. The largest absolute Gasteiger partial charge is 0.390 e. The molecule has 2 fully saturated rings. The number of ether oxygens (including phenoxy) is 1. The first-order chi connectivity index (χ1) is 6.84. The van der Waals surface area contributed by atoms with E-state index in [4.69, 9.17) is 4.74 Å². The Morgan fingerprint density at radius 2 is 2.07 bits per heavy atom. The summed E-state index contributed by atoms with van der Waals surface area (Å²) in [6.45, 7) is 5.05. The molecule has 0 unspecified atom stereocenters. The minimum Gasteiger partial charge on any atom is -0.390 e. The Morgan fingerprint density at radius 1 is 1.36 bits per heavy atom. The summed E-state index contributed by atoms with van der Waals surface area (Å²) in [6, 6.07) is 0.689. The first-order valence-electron chi connectivity index (χ1n) is 5.56. The van der Waals surface area contributed by atoms with Crippen LogP contribution in [0, 0.1) is 0 Å². The van der Waals surface area contributed by atoms with Crippen molar-refractivity contribution >= 4 is 0 Å². The van der Waals surface area contributed by atoms with Crippen LogP contribution in [0.4, 0.5) is 0 Å². The lowest BCUT2D eigenvalue weighted by atomic mass is 10.3. The molecule has 2 rings (SSSR count). The van der Waals surface area contributed by atoms with Crippen LogP contribution in [0.5, 0.6) is 0 Å². The highest BCUT2D eigenvalue weighted by molar-refractivity contribution is 4.82. The van der Waals surface area contributed by atoms with Gasteiger partial charge in [-0.1, -0.05) is 0 Å². The van der Waals surface area contributed by atoms with Gasteiger partial charge in [0.25, 0.3) is 0 Å². The number of nitrogens with one attached hydrogen (secondary N) is 1. The van der Waals surface area contributed by atoms with Crippen LogP contribution in [0.15, 0.2) is 0 Å². The Bertz CT molecular complexity index is 168. The number of morpholine rings is 1. The van der Waals surface area contributed by atoms with E-state index >= 15 is 0 Å². The maximum absolute atomic E-state index is 9.73. The lowest BCUT2D eigenvalue weighted by Gasteiger charge is -2.28. The highest BCUT2D eigenvalue weighted by Crippen LogP contribution is 2.18. The van der Waals surface area contributed by atoms with E-state index in [-0.39, 0.29) is 6.10 Å². The first kappa shape index (κ1) is 10.4. The molecule has 2 N–H and O–H groups in total. The van der Waals surface area contributed by atoms with Crippen LogP contribution < -0.4 is 5.32 Å². The molecule has 1 atom stereocenters. The molecular weight excluding hydrogens is 180 g/mol. The zero-order valence-corrected chi connectivity index (χ0v) is 8.61. The van der Waals surface area contributed by atoms with Crippen molar-refractivity contribution < 1.29 is 9.84 Å². The fourth-order valence-corrected chi connectivity index (χ4v) is 1.74. The highest BCUT2D eigenvalue weighted by atomic mass is 16.5. The lowest BCUT2D eigenvalue weighted by Crippen LogP contribution is -2.44. The molecule has 4 nitrogen and oxygen atoms in total. The molecule has 0 amide bonds. The van der Waals surface area contributed by atoms with Crippen molar-refractivity contribution in [3.05, 3.63) is 0 Å². The topological polar surface area (TPSA) is 44.7 Å². The van der Waals surface area contributed by atoms with Crippen LogP contribution >= 0.6 is 0 Å². The van der Waals surface area contributed by atoms with Crippen LogP contribution in [0.1, 0.15) is 12.8 Å². The van der Waals surface area contributed by atoms with Crippen LogP contribution in [-0.2, 0) is 4.74 Å². The minimum atomic E-state index is -0.228. The SMILES string of the molecule is O[C@H](CNC1CC1)CN1CCOCC1. The zero-order valence-electron chi connectivity index (χ0n) is 8.61. The van der Waals surface area contributed by atoms with Crippen LogP contribution in [0.2, 0.25) is 0 Å². The summed E-state index contributed by atoms with van der Waals surface area (Å²) < 4.78 is 5.25. The zero-order chi connectivity index (χ0) is 9.80. The molecule has 0 bridgehead atoms. The molecule has 0 aromatic carbocycles. The van der Waals surface area contributed by atoms with Crippen molar-refractivity contribution in [2.75, 3.05) is 39.4 Å². The maximum atomic E-state index is 9.73. The molecule has 0 spiro atoms. The monoisotopic (exact) mass is 200 g/mol. The summed E-state index contributed by atoms with van der Waals surface area (Å²) in [4.78, 5) is 2.27. The van der Waals surface area contributed by atoms with Crippen molar-refractivity contribution in [3.8, 4) is 0 Å². The van der Waals surface area contributed by atoms with Gasteiger partial charge in [0.1, 0.15) is 0 Å². The van der Waals surface area contributed by atoms with Gasteiger partial charge in [-0.25, -0.2) is 0 Å². The standard InChI is InChI=1S/C10H20N2O2/c13-10(7-11-9-1-2-9)8-12-3-5-14-6-4-12/h9-11,13H,1-8H2/t10-/m1/s1. The number of hydrogen-bond acceptors (Lipinski definition) is 4. The van der Waals surface area contributed by atoms with Gasteiger partial charge in [0.05, 0.1) is 19.3 Å². The molecule has 82 valence electrons. The third-order valence-corrected chi connectivity index (χ3v) is 2.79. The molecule has 1 saturated carbocycles. The van der Waals surface area contributed by atoms with Crippen LogP contribution in [0.25, 0.3) is 0 Å². The van der Waals surface area contributed by atoms with Crippen molar-refractivity contribution in [1.82, 2.24) is 10.2 Å². The van der Waals surface area contributed by atoms with Gasteiger partial charge in [-0.15, -0.1) is 0 Å². The van der Waals surface area contributed by atoms with E-state index in [1.54, 1.807) is 0 Å². The fourth-order valence-electron chi connectivity index (χ4n) is 1.74. The normalized spacial score (nSPS) is 26.4. The van der Waals surface area contributed by atoms with E-state index in [9.17, 15) is 5.11 Å². The second-order valence-corrected chi connectivity index (χ2v) is 4.25. The van der Waals surface area contributed by atoms with E-state index in [2.05, 4.69) is 10.2 Å². The van der Waals surface area contributed by atoms with E-state index < -0.39 is 0 Å². The molecule has 1 saturated heterocycles. The Morgan fingerprint density at radius 3 is 2.71 bits per heavy atom. The molecule has 14 heavy (non-hydrogen) atoms. The summed E-state index contributed by atoms with van der Waals surface area (Å²) in [7, 11) is 0. The summed E-state index contributed by atoms with van der Waals surface area (Å²) in [6.07, 6.45) is 2.34. The van der Waals surface area contributed by atoms with Crippen LogP contribution in [0.3, 0.4) is 0 Å². The fraction of sp³-hybridized carbons (Fsp3) is 1.00. The third kappa shape index (κ3) is 3.53. The van der Waals surface area contributed by atoms with Crippen molar-refractivity contribution in [3.63, 3.8) is 0 Å². The number of nitrogens with zero attached hydrogens (tertiary/aromatic N) is 1. The Balaban J connectivity index is 1.57. The Labute approximate surface area is 85.2 Å². The van der Waals surface area contributed by atoms with E-state index in [1.165, 1.54) is 12.8 Å². The molecule has 0 radical (unpaired) electrons. The van der Waals surface area contributed by atoms with Gasteiger partial charge in [-0.2, -0.15) is 0 Å². The van der Waals surface area contributed by atoms with Crippen molar-refractivity contribution in [2.45, 2.75) is 25.0 Å². The summed E-state index contributed by atoms with van der Waals surface area (Å²) in [5.74, 6) is 0. The maximum Gasteiger partial charge on any atom is 0.0791 e. The van der Waals surface area contributed by atoms with Gasteiger partial charge in [-0.3, -0.25) is 4.90 Å². The number of β-amino-alcohol motifs (C(OH)–C–C–N with tert-alkyl or cyclic N) is 1. The van der Waals surface area contributed by atoms with Crippen molar-refractivity contribution in [1.29, 1.82) is 0 Å².